The van der Waals surface area contributed by atoms with Crippen molar-refractivity contribution in [2.24, 2.45) is 11.8 Å². The Morgan fingerprint density at radius 1 is 0.917 bits per heavy atom. The third-order valence-electron chi connectivity index (χ3n) is 3.64. The molecule has 70 valence electrons. The lowest BCUT2D eigenvalue weighted by atomic mass is 9.71. The standard InChI is InChI=1S/C10H18OS/c11-12-10-7-3-5-8-4-1-2-6-9(8)10/h8-11H,1-7H2. The van der Waals surface area contributed by atoms with Crippen molar-refractivity contribution in [2.75, 3.05) is 0 Å². The smallest absolute Gasteiger partial charge is 0.0339 e. The van der Waals surface area contributed by atoms with Crippen molar-refractivity contribution in [3.8, 4) is 0 Å². The molecule has 2 fully saturated rings. The lowest BCUT2D eigenvalue weighted by Gasteiger charge is -2.39. The third-order valence-corrected chi connectivity index (χ3v) is 4.50. The van der Waals surface area contributed by atoms with Crippen molar-refractivity contribution in [3.05, 3.63) is 0 Å². The van der Waals surface area contributed by atoms with Crippen LogP contribution in [0.25, 0.3) is 0 Å². The Kier molecular flexibility index (Phi) is 2.97. The molecule has 0 saturated heterocycles. The first-order valence-corrected chi connectivity index (χ1v) is 6.05. The Morgan fingerprint density at radius 2 is 1.67 bits per heavy atom. The second-order valence-electron chi connectivity index (χ2n) is 4.28. The zero-order chi connectivity index (χ0) is 8.39. The van der Waals surface area contributed by atoms with E-state index in [1.807, 2.05) is 0 Å². The predicted octanol–water partition coefficient (Wildman–Crippen LogP) is 3.55. The largest absolute Gasteiger partial charge is 0.330 e. The fraction of sp³-hybridized carbons (Fsp3) is 1.00. The van der Waals surface area contributed by atoms with Crippen molar-refractivity contribution in [1.29, 1.82) is 0 Å². The first-order chi connectivity index (χ1) is 5.92. The Morgan fingerprint density at radius 3 is 2.50 bits per heavy atom. The minimum absolute atomic E-state index is 0.573. The van der Waals surface area contributed by atoms with E-state index >= 15 is 0 Å². The van der Waals surface area contributed by atoms with Gasteiger partial charge in [-0.2, -0.15) is 0 Å². The van der Waals surface area contributed by atoms with Gasteiger partial charge in [-0.3, -0.25) is 0 Å². The van der Waals surface area contributed by atoms with Gasteiger partial charge in [-0.25, -0.2) is 0 Å². The van der Waals surface area contributed by atoms with Gasteiger partial charge in [0.2, 0.25) is 0 Å². The first kappa shape index (κ1) is 8.89. The molecule has 1 N–H and O–H groups in total. The summed E-state index contributed by atoms with van der Waals surface area (Å²) < 4.78 is 9.15. The fourth-order valence-electron chi connectivity index (χ4n) is 3.01. The molecule has 0 heterocycles. The van der Waals surface area contributed by atoms with Crippen LogP contribution >= 0.6 is 12.0 Å². The van der Waals surface area contributed by atoms with Crippen LogP contribution in [0.15, 0.2) is 0 Å². The van der Waals surface area contributed by atoms with Crippen LogP contribution in [0.4, 0.5) is 0 Å². The van der Waals surface area contributed by atoms with E-state index < -0.39 is 0 Å². The van der Waals surface area contributed by atoms with Gasteiger partial charge in [0, 0.05) is 5.25 Å². The van der Waals surface area contributed by atoms with Crippen LogP contribution in [0, 0.1) is 11.8 Å². The van der Waals surface area contributed by atoms with E-state index in [4.69, 9.17) is 4.55 Å². The van der Waals surface area contributed by atoms with Gasteiger partial charge in [-0.15, -0.1) is 0 Å². The van der Waals surface area contributed by atoms with Gasteiger partial charge >= 0.3 is 0 Å². The molecule has 0 aromatic heterocycles. The quantitative estimate of drug-likeness (QED) is 0.632. The SMILES string of the molecule is OSC1CCCC2CCCCC21. The highest BCUT2D eigenvalue weighted by atomic mass is 32.2. The van der Waals surface area contributed by atoms with Crippen LogP contribution in [0.1, 0.15) is 44.9 Å². The van der Waals surface area contributed by atoms with Crippen LogP contribution in [0.3, 0.4) is 0 Å². The zero-order valence-corrected chi connectivity index (χ0v) is 8.35. The van der Waals surface area contributed by atoms with Gasteiger partial charge in [0.05, 0.1) is 0 Å². The molecule has 1 nitrogen and oxygen atoms in total. The minimum Gasteiger partial charge on any atom is -0.330 e. The van der Waals surface area contributed by atoms with Crippen molar-refractivity contribution in [1.82, 2.24) is 0 Å². The van der Waals surface area contributed by atoms with E-state index in [1.54, 1.807) is 0 Å². The van der Waals surface area contributed by atoms with E-state index in [2.05, 4.69) is 0 Å². The monoisotopic (exact) mass is 186 g/mol. The lowest BCUT2D eigenvalue weighted by Crippen LogP contribution is -2.32. The maximum atomic E-state index is 9.15. The molecule has 2 aliphatic rings. The summed E-state index contributed by atoms with van der Waals surface area (Å²) in [5.74, 6) is 1.81. The van der Waals surface area contributed by atoms with Gasteiger partial charge in [0.1, 0.15) is 0 Å². The van der Waals surface area contributed by atoms with Crippen LogP contribution in [0.5, 0.6) is 0 Å². The third kappa shape index (κ3) is 1.64. The molecule has 2 saturated carbocycles. The first-order valence-electron chi connectivity index (χ1n) is 5.22. The zero-order valence-electron chi connectivity index (χ0n) is 7.54. The van der Waals surface area contributed by atoms with Crippen LogP contribution < -0.4 is 0 Å². The molecule has 2 aliphatic carbocycles. The number of hydrogen-bond donors (Lipinski definition) is 1. The van der Waals surface area contributed by atoms with Crippen LogP contribution in [-0.4, -0.2) is 9.80 Å². The topological polar surface area (TPSA) is 20.2 Å². The van der Waals surface area contributed by atoms with Gasteiger partial charge in [-0.1, -0.05) is 32.1 Å². The van der Waals surface area contributed by atoms with Crippen molar-refractivity contribution in [2.45, 2.75) is 50.2 Å². The van der Waals surface area contributed by atoms with Crippen molar-refractivity contribution in [3.63, 3.8) is 0 Å². The highest BCUT2D eigenvalue weighted by Crippen LogP contribution is 2.44. The second-order valence-corrected chi connectivity index (χ2v) is 5.10. The maximum absolute atomic E-state index is 9.15. The number of fused-ring (bicyclic) bond motifs is 1. The molecule has 2 rings (SSSR count). The molecule has 0 radical (unpaired) electrons. The normalized spacial score (nSPS) is 42.2. The lowest BCUT2D eigenvalue weighted by molar-refractivity contribution is 0.176. The molecule has 0 aromatic carbocycles. The number of hydrogen-bond acceptors (Lipinski definition) is 2. The summed E-state index contributed by atoms with van der Waals surface area (Å²) in [5.41, 5.74) is 0. The van der Waals surface area contributed by atoms with E-state index in [0.717, 1.165) is 23.9 Å². The summed E-state index contributed by atoms with van der Waals surface area (Å²) in [7, 11) is 0. The summed E-state index contributed by atoms with van der Waals surface area (Å²) in [6, 6.07) is 0. The summed E-state index contributed by atoms with van der Waals surface area (Å²) in [4.78, 5) is 0. The fourth-order valence-corrected chi connectivity index (χ4v) is 3.80. The Balaban J connectivity index is 1.99. The maximum Gasteiger partial charge on any atom is 0.0339 e. The summed E-state index contributed by atoms with van der Waals surface area (Å²) in [6.07, 6.45) is 9.68. The Labute approximate surface area is 79.1 Å². The van der Waals surface area contributed by atoms with Gasteiger partial charge in [0.25, 0.3) is 0 Å². The van der Waals surface area contributed by atoms with E-state index in [1.165, 1.54) is 44.9 Å². The summed E-state index contributed by atoms with van der Waals surface area (Å²) >= 11 is 1.13. The Bertz CT molecular complexity index is 140. The second kappa shape index (κ2) is 4.01. The highest BCUT2D eigenvalue weighted by Gasteiger charge is 2.34. The van der Waals surface area contributed by atoms with Crippen molar-refractivity contribution < 1.29 is 4.55 Å². The van der Waals surface area contributed by atoms with E-state index in [0.29, 0.717) is 5.25 Å². The molecule has 12 heavy (non-hydrogen) atoms. The van der Waals surface area contributed by atoms with Gasteiger partial charge in [0.15, 0.2) is 0 Å². The Hall–Kier alpha value is 0.310. The molecule has 0 bridgehead atoms. The van der Waals surface area contributed by atoms with Gasteiger partial charge in [-0.05, 0) is 36.7 Å². The molecule has 3 unspecified atom stereocenters. The molecular weight excluding hydrogens is 168 g/mol. The van der Waals surface area contributed by atoms with E-state index in [9.17, 15) is 0 Å². The van der Waals surface area contributed by atoms with Gasteiger partial charge < -0.3 is 4.55 Å². The molecule has 0 spiro atoms. The van der Waals surface area contributed by atoms with E-state index in [-0.39, 0.29) is 0 Å². The minimum atomic E-state index is 0.573. The predicted molar refractivity (Wildman–Crippen MR) is 53.3 cm³/mol. The molecule has 3 atom stereocenters. The molecular formula is C10H18OS. The summed E-state index contributed by atoms with van der Waals surface area (Å²) in [5, 5.41) is 0.573. The average Bonchev–Trinajstić information content (AvgIpc) is 2.17. The number of rotatable bonds is 1. The van der Waals surface area contributed by atoms with Crippen LogP contribution in [-0.2, 0) is 0 Å². The average molecular weight is 186 g/mol. The van der Waals surface area contributed by atoms with Crippen molar-refractivity contribution >= 4 is 12.0 Å². The summed E-state index contributed by atoms with van der Waals surface area (Å²) in [6.45, 7) is 0. The highest BCUT2D eigenvalue weighted by molar-refractivity contribution is 7.94. The molecule has 0 amide bonds. The molecule has 2 heteroatoms. The van der Waals surface area contributed by atoms with Crippen LogP contribution in [0.2, 0.25) is 0 Å². The molecule has 0 aromatic rings. The molecule has 0 aliphatic heterocycles.